The third-order valence-corrected chi connectivity index (χ3v) is 4.28. The van der Waals surface area contributed by atoms with Crippen molar-refractivity contribution in [1.29, 1.82) is 0 Å². The first-order chi connectivity index (χ1) is 13.0. The zero-order valence-electron chi connectivity index (χ0n) is 14.8. The monoisotopic (exact) mass is 365 g/mol. The molecule has 3 aromatic carbocycles. The summed E-state index contributed by atoms with van der Waals surface area (Å²) >= 11 is 0. The average molecular weight is 365 g/mol. The lowest BCUT2D eigenvalue weighted by molar-refractivity contribution is -0.149. The minimum Gasteiger partial charge on any atom is -0.480 e. The molecular formula is C21H19NO5. The zero-order valence-corrected chi connectivity index (χ0v) is 14.8. The Bertz CT molecular complexity index is 973. The largest absolute Gasteiger partial charge is 0.480 e. The van der Waals surface area contributed by atoms with Crippen LogP contribution in [0.3, 0.4) is 0 Å². The molecule has 0 unspecified atom stereocenters. The van der Waals surface area contributed by atoms with Crippen LogP contribution in [-0.4, -0.2) is 35.6 Å². The fraction of sp³-hybridized carbons (Fsp3) is 0.190. The fourth-order valence-corrected chi connectivity index (χ4v) is 3.08. The van der Waals surface area contributed by atoms with Crippen LogP contribution < -0.4 is 5.32 Å². The van der Waals surface area contributed by atoms with Gasteiger partial charge in [0.25, 0.3) is 5.91 Å². The van der Waals surface area contributed by atoms with Crippen LogP contribution in [0.2, 0.25) is 0 Å². The molecular weight excluding hydrogens is 346 g/mol. The Morgan fingerprint density at radius 1 is 1.00 bits per heavy atom. The van der Waals surface area contributed by atoms with E-state index in [0.29, 0.717) is 16.3 Å². The third kappa shape index (κ3) is 3.89. The highest BCUT2D eigenvalue weighted by Crippen LogP contribution is 2.28. The summed E-state index contributed by atoms with van der Waals surface area (Å²) in [6.07, 6.45) is -0.433. The smallest absolute Gasteiger partial charge is 0.326 e. The molecule has 2 N–H and O–H groups in total. The van der Waals surface area contributed by atoms with Gasteiger partial charge >= 0.3 is 11.9 Å². The summed E-state index contributed by atoms with van der Waals surface area (Å²) in [6, 6.07) is 15.4. The molecule has 0 bridgehead atoms. The Balaban J connectivity index is 2.03. The molecule has 0 fully saturated rings. The quantitative estimate of drug-likeness (QED) is 0.517. The second-order valence-electron chi connectivity index (χ2n) is 6.07. The number of carboxylic acids is 1. The number of ether oxygens (including phenoxy) is 1. The third-order valence-electron chi connectivity index (χ3n) is 4.28. The highest BCUT2D eigenvalue weighted by atomic mass is 16.5. The van der Waals surface area contributed by atoms with Crippen LogP contribution in [0, 0.1) is 0 Å². The highest BCUT2D eigenvalue weighted by molar-refractivity contribution is 6.18. The van der Waals surface area contributed by atoms with Gasteiger partial charge in [0.15, 0.2) is 0 Å². The van der Waals surface area contributed by atoms with Crippen molar-refractivity contribution in [3.8, 4) is 0 Å². The summed E-state index contributed by atoms with van der Waals surface area (Å²) in [5, 5.41) is 15.0. The van der Waals surface area contributed by atoms with E-state index in [1.165, 1.54) is 0 Å². The second kappa shape index (κ2) is 7.86. The molecule has 1 amide bonds. The van der Waals surface area contributed by atoms with Crippen molar-refractivity contribution in [2.45, 2.75) is 19.4 Å². The standard InChI is InChI=1S/C21H19NO5/c1-2-27-18(23)12-17(21(25)26)22-20(24)19-15-9-5-3-7-13(15)11-14-8-4-6-10-16(14)19/h3-11,17H,2,12H2,1H3,(H,22,24)(H,25,26)/t17-/m0/s1. The van der Waals surface area contributed by atoms with Crippen LogP contribution in [0.1, 0.15) is 23.7 Å². The van der Waals surface area contributed by atoms with E-state index in [1.807, 2.05) is 54.6 Å². The van der Waals surface area contributed by atoms with Gasteiger partial charge in [-0.2, -0.15) is 0 Å². The highest BCUT2D eigenvalue weighted by Gasteiger charge is 2.26. The van der Waals surface area contributed by atoms with Crippen LogP contribution in [0.25, 0.3) is 21.5 Å². The topological polar surface area (TPSA) is 92.7 Å². The maximum absolute atomic E-state index is 13.0. The number of carbonyl (C=O) groups excluding carboxylic acids is 2. The molecule has 0 aliphatic carbocycles. The number of nitrogens with one attached hydrogen (secondary N) is 1. The Morgan fingerprint density at radius 2 is 1.56 bits per heavy atom. The Morgan fingerprint density at radius 3 is 2.07 bits per heavy atom. The minimum absolute atomic E-state index is 0.146. The van der Waals surface area contributed by atoms with Gasteiger partial charge in [0.05, 0.1) is 18.6 Å². The number of benzene rings is 3. The average Bonchev–Trinajstić information content (AvgIpc) is 2.65. The number of hydrogen-bond acceptors (Lipinski definition) is 4. The number of carbonyl (C=O) groups is 3. The molecule has 138 valence electrons. The predicted octanol–water partition coefficient (Wildman–Crippen LogP) is 3.13. The summed E-state index contributed by atoms with van der Waals surface area (Å²) in [5.41, 5.74) is 0.388. The van der Waals surface area contributed by atoms with Crippen molar-refractivity contribution in [3.63, 3.8) is 0 Å². The number of amides is 1. The molecule has 0 aliphatic heterocycles. The minimum atomic E-state index is -1.37. The van der Waals surface area contributed by atoms with E-state index in [1.54, 1.807) is 6.92 Å². The molecule has 0 heterocycles. The van der Waals surface area contributed by atoms with Crippen molar-refractivity contribution in [2.75, 3.05) is 6.61 Å². The van der Waals surface area contributed by atoms with Crippen LogP contribution in [0.15, 0.2) is 54.6 Å². The number of rotatable bonds is 6. The van der Waals surface area contributed by atoms with Gasteiger partial charge in [-0.25, -0.2) is 4.79 Å². The van der Waals surface area contributed by atoms with Gasteiger partial charge in [0, 0.05) is 0 Å². The number of fused-ring (bicyclic) bond motifs is 2. The second-order valence-corrected chi connectivity index (χ2v) is 6.07. The maximum Gasteiger partial charge on any atom is 0.326 e. The fourth-order valence-electron chi connectivity index (χ4n) is 3.08. The van der Waals surface area contributed by atoms with Gasteiger partial charge in [0.1, 0.15) is 6.04 Å². The van der Waals surface area contributed by atoms with E-state index >= 15 is 0 Å². The van der Waals surface area contributed by atoms with Gasteiger partial charge in [-0.1, -0.05) is 48.5 Å². The molecule has 27 heavy (non-hydrogen) atoms. The van der Waals surface area contributed by atoms with Gasteiger partial charge in [0.2, 0.25) is 0 Å². The Labute approximate surface area is 155 Å². The first kappa shape index (κ1) is 18.4. The SMILES string of the molecule is CCOC(=O)C[C@H](NC(=O)c1c2ccccc2cc2ccccc12)C(=O)O. The number of aliphatic carboxylic acids is 1. The Kier molecular flexibility index (Phi) is 5.35. The lowest BCUT2D eigenvalue weighted by atomic mass is 9.96. The molecule has 0 spiro atoms. The molecule has 3 aromatic rings. The van der Waals surface area contributed by atoms with Crippen molar-refractivity contribution < 1.29 is 24.2 Å². The van der Waals surface area contributed by atoms with Crippen molar-refractivity contribution in [2.24, 2.45) is 0 Å². The predicted molar refractivity (Wildman–Crippen MR) is 102 cm³/mol. The van der Waals surface area contributed by atoms with Crippen LogP contribution in [-0.2, 0) is 14.3 Å². The van der Waals surface area contributed by atoms with E-state index in [-0.39, 0.29) is 6.61 Å². The summed E-state index contributed by atoms with van der Waals surface area (Å²) in [4.78, 5) is 36.2. The Hall–Kier alpha value is -3.41. The van der Waals surface area contributed by atoms with Crippen LogP contribution in [0.5, 0.6) is 0 Å². The molecule has 6 heteroatoms. The van der Waals surface area contributed by atoms with E-state index < -0.39 is 30.3 Å². The van der Waals surface area contributed by atoms with E-state index in [9.17, 15) is 19.5 Å². The van der Waals surface area contributed by atoms with Crippen molar-refractivity contribution in [3.05, 3.63) is 60.2 Å². The van der Waals surface area contributed by atoms with E-state index in [2.05, 4.69) is 5.32 Å². The van der Waals surface area contributed by atoms with Crippen LogP contribution in [0.4, 0.5) is 0 Å². The van der Waals surface area contributed by atoms with Gasteiger partial charge in [-0.15, -0.1) is 0 Å². The molecule has 0 aromatic heterocycles. The van der Waals surface area contributed by atoms with Gasteiger partial charge in [-0.3, -0.25) is 9.59 Å². The first-order valence-electron chi connectivity index (χ1n) is 8.61. The first-order valence-corrected chi connectivity index (χ1v) is 8.61. The number of esters is 1. The summed E-state index contributed by atoms with van der Waals surface area (Å²) in [7, 11) is 0. The lowest BCUT2D eigenvalue weighted by Gasteiger charge is -2.16. The van der Waals surface area contributed by atoms with Crippen molar-refractivity contribution in [1.82, 2.24) is 5.32 Å². The zero-order chi connectivity index (χ0) is 19.4. The van der Waals surface area contributed by atoms with Gasteiger partial charge < -0.3 is 15.2 Å². The van der Waals surface area contributed by atoms with E-state index in [0.717, 1.165) is 10.8 Å². The van der Waals surface area contributed by atoms with E-state index in [4.69, 9.17) is 4.74 Å². The number of carboxylic acid groups (broad SMARTS) is 1. The molecule has 3 rings (SSSR count). The molecule has 0 saturated heterocycles. The molecule has 0 aliphatic rings. The summed E-state index contributed by atoms with van der Waals surface area (Å²) in [6.45, 7) is 1.78. The molecule has 6 nitrogen and oxygen atoms in total. The summed E-state index contributed by atoms with van der Waals surface area (Å²) in [5.74, 6) is -2.51. The normalized spacial score (nSPS) is 11.9. The molecule has 0 saturated carbocycles. The lowest BCUT2D eigenvalue weighted by Crippen LogP contribution is -2.42. The molecule has 0 radical (unpaired) electrons. The molecule has 1 atom stereocenters. The van der Waals surface area contributed by atoms with Crippen LogP contribution >= 0.6 is 0 Å². The summed E-state index contributed by atoms with van der Waals surface area (Å²) < 4.78 is 4.80. The number of hydrogen-bond donors (Lipinski definition) is 2. The van der Waals surface area contributed by atoms with Crippen molar-refractivity contribution >= 4 is 39.4 Å². The maximum atomic E-state index is 13.0. The van der Waals surface area contributed by atoms with Gasteiger partial charge in [-0.05, 0) is 34.5 Å².